The molecule has 0 heterocycles. The zero-order chi connectivity index (χ0) is 15.7. The van der Waals surface area contributed by atoms with Crippen molar-refractivity contribution in [2.45, 2.75) is 39.5 Å². The quantitative estimate of drug-likeness (QED) is 0.772. The number of carbonyl (C=O) groups excluding carboxylic acids is 1. The van der Waals surface area contributed by atoms with Crippen LogP contribution in [0.5, 0.6) is 0 Å². The molecule has 0 unspecified atom stereocenters. The third-order valence-electron chi connectivity index (χ3n) is 3.45. The Bertz CT molecular complexity index is 548. The molecule has 1 aromatic carbocycles. The summed E-state index contributed by atoms with van der Waals surface area (Å²) >= 11 is 0. The summed E-state index contributed by atoms with van der Waals surface area (Å²) in [5.41, 5.74) is 3.59. The molecule has 0 bridgehead atoms. The molecule has 0 radical (unpaired) electrons. The van der Waals surface area contributed by atoms with Crippen molar-refractivity contribution in [3.8, 4) is 12.1 Å². The fourth-order valence-electron chi connectivity index (χ4n) is 2.26. The third kappa shape index (κ3) is 5.67. The summed E-state index contributed by atoms with van der Waals surface area (Å²) in [5.74, 6) is 0.0143. The minimum atomic E-state index is 0.0143. The molecule has 0 aliphatic heterocycles. The largest absolute Gasteiger partial charge is 0.341 e. The van der Waals surface area contributed by atoms with Crippen molar-refractivity contribution >= 4 is 5.91 Å². The molecule has 0 atom stereocenters. The molecule has 4 heteroatoms. The molecule has 4 nitrogen and oxygen atoms in total. The molecule has 110 valence electrons. The summed E-state index contributed by atoms with van der Waals surface area (Å²) in [6.45, 7) is 4.91. The number of hydrogen-bond donors (Lipinski definition) is 0. The zero-order valence-electron chi connectivity index (χ0n) is 12.7. The van der Waals surface area contributed by atoms with Gasteiger partial charge in [0.2, 0.25) is 5.91 Å². The Hall–Kier alpha value is -2.33. The minimum absolute atomic E-state index is 0.0143. The van der Waals surface area contributed by atoms with Crippen molar-refractivity contribution in [1.82, 2.24) is 4.90 Å². The number of aryl methyl sites for hydroxylation is 3. The van der Waals surface area contributed by atoms with E-state index in [-0.39, 0.29) is 5.91 Å². The molecule has 1 rings (SSSR count). The summed E-state index contributed by atoms with van der Waals surface area (Å²) in [6.07, 6.45) is 1.72. The van der Waals surface area contributed by atoms with E-state index < -0.39 is 0 Å². The smallest absolute Gasteiger partial charge is 0.222 e. The summed E-state index contributed by atoms with van der Waals surface area (Å²) in [4.78, 5) is 13.8. The molecule has 0 spiro atoms. The molecular formula is C17H21N3O. The standard InChI is InChI=1S/C17H21N3O/c1-14-5-6-16(15(2)13-14)7-8-17(21)20(11-3-9-18)12-4-10-19/h5-6,13H,3-4,7-8,11-12H2,1-2H3. The number of carbonyl (C=O) groups is 1. The van der Waals surface area contributed by atoms with Gasteiger partial charge in [0, 0.05) is 19.5 Å². The van der Waals surface area contributed by atoms with Gasteiger partial charge in [-0.3, -0.25) is 4.79 Å². The van der Waals surface area contributed by atoms with Gasteiger partial charge >= 0.3 is 0 Å². The number of nitrogens with zero attached hydrogens (tertiary/aromatic N) is 3. The van der Waals surface area contributed by atoms with Crippen LogP contribution in [-0.4, -0.2) is 23.9 Å². The molecule has 1 aromatic rings. The number of benzene rings is 1. The highest BCUT2D eigenvalue weighted by Crippen LogP contribution is 2.13. The van der Waals surface area contributed by atoms with Crippen LogP contribution >= 0.6 is 0 Å². The first kappa shape index (κ1) is 16.7. The molecule has 21 heavy (non-hydrogen) atoms. The number of hydrogen-bond acceptors (Lipinski definition) is 3. The van der Waals surface area contributed by atoms with Crippen LogP contribution in [0.4, 0.5) is 0 Å². The second-order valence-electron chi connectivity index (χ2n) is 5.13. The lowest BCUT2D eigenvalue weighted by molar-refractivity contribution is -0.131. The maximum absolute atomic E-state index is 12.2. The predicted octanol–water partition coefficient (Wildman–Crippen LogP) is 2.89. The van der Waals surface area contributed by atoms with Crippen molar-refractivity contribution in [3.63, 3.8) is 0 Å². The van der Waals surface area contributed by atoms with Gasteiger partial charge in [0.1, 0.15) is 0 Å². The van der Waals surface area contributed by atoms with Crippen molar-refractivity contribution in [2.75, 3.05) is 13.1 Å². The van der Waals surface area contributed by atoms with Crippen LogP contribution in [0.15, 0.2) is 18.2 Å². The van der Waals surface area contributed by atoms with Crippen molar-refractivity contribution in [2.24, 2.45) is 0 Å². The van der Waals surface area contributed by atoms with Crippen LogP contribution in [0.2, 0.25) is 0 Å². The average Bonchev–Trinajstić information content (AvgIpc) is 2.46. The SMILES string of the molecule is Cc1ccc(CCC(=O)N(CCC#N)CCC#N)c(C)c1. The monoisotopic (exact) mass is 283 g/mol. The van der Waals surface area contributed by atoms with E-state index >= 15 is 0 Å². The topological polar surface area (TPSA) is 67.9 Å². The van der Waals surface area contributed by atoms with E-state index in [1.807, 2.05) is 19.1 Å². The normalized spacial score (nSPS) is 9.71. The second-order valence-corrected chi connectivity index (χ2v) is 5.13. The summed E-state index contributed by atoms with van der Waals surface area (Å²) in [6, 6.07) is 10.3. The van der Waals surface area contributed by atoms with E-state index in [2.05, 4.69) is 25.1 Å². The number of nitriles is 2. The summed E-state index contributed by atoms with van der Waals surface area (Å²) in [7, 11) is 0. The van der Waals surface area contributed by atoms with Gasteiger partial charge in [-0.25, -0.2) is 0 Å². The molecule has 0 aromatic heterocycles. The molecule has 0 aliphatic rings. The number of rotatable bonds is 7. The van der Waals surface area contributed by atoms with E-state index in [1.54, 1.807) is 4.90 Å². The van der Waals surface area contributed by atoms with Gasteiger partial charge in [0.15, 0.2) is 0 Å². The Morgan fingerprint density at radius 1 is 1.14 bits per heavy atom. The first-order chi connectivity index (χ1) is 10.1. The highest BCUT2D eigenvalue weighted by molar-refractivity contribution is 5.76. The van der Waals surface area contributed by atoms with Crippen LogP contribution in [0.25, 0.3) is 0 Å². The Morgan fingerprint density at radius 2 is 1.76 bits per heavy atom. The average molecular weight is 283 g/mol. The molecule has 0 saturated heterocycles. The lowest BCUT2D eigenvalue weighted by Gasteiger charge is -2.20. The van der Waals surface area contributed by atoms with Crippen molar-refractivity contribution < 1.29 is 4.79 Å². The number of amides is 1. The first-order valence-corrected chi connectivity index (χ1v) is 7.16. The van der Waals surface area contributed by atoms with E-state index in [9.17, 15) is 4.79 Å². The molecule has 1 amide bonds. The third-order valence-corrected chi connectivity index (χ3v) is 3.45. The maximum atomic E-state index is 12.2. The first-order valence-electron chi connectivity index (χ1n) is 7.16. The Morgan fingerprint density at radius 3 is 2.29 bits per heavy atom. The van der Waals surface area contributed by atoms with Crippen LogP contribution in [0.1, 0.15) is 36.0 Å². The molecular weight excluding hydrogens is 262 g/mol. The highest BCUT2D eigenvalue weighted by Gasteiger charge is 2.13. The van der Waals surface area contributed by atoms with E-state index in [0.29, 0.717) is 38.8 Å². The van der Waals surface area contributed by atoms with E-state index in [4.69, 9.17) is 10.5 Å². The maximum Gasteiger partial charge on any atom is 0.222 e. The van der Waals surface area contributed by atoms with Gasteiger partial charge in [-0.2, -0.15) is 10.5 Å². The van der Waals surface area contributed by atoms with Crippen LogP contribution < -0.4 is 0 Å². The van der Waals surface area contributed by atoms with E-state index in [1.165, 1.54) is 16.7 Å². The fourth-order valence-corrected chi connectivity index (χ4v) is 2.26. The lowest BCUT2D eigenvalue weighted by atomic mass is 10.0. The van der Waals surface area contributed by atoms with Gasteiger partial charge in [-0.05, 0) is 31.4 Å². The Balaban J connectivity index is 2.60. The fraction of sp³-hybridized carbons (Fsp3) is 0.471. The van der Waals surface area contributed by atoms with Gasteiger partial charge in [0.05, 0.1) is 25.0 Å². The summed E-state index contributed by atoms with van der Waals surface area (Å²) < 4.78 is 0. The van der Waals surface area contributed by atoms with Gasteiger partial charge < -0.3 is 4.90 Å². The van der Waals surface area contributed by atoms with Gasteiger partial charge in [0.25, 0.3) is 0 Å². The molecule has 0 saturated carbocycles. The highest BCUT2D eigenvalue weighted by atomic mass is 16.2. The van der Waals surface area contributed by atoms with Crippen molar-refractivity contribution in [3.05, 3.63) is 34.9 Å². The van der Waals surface area contributed by atoms with Crippen molar-refractivity contribution in [1.29, 1.82) is 10.5 Å². The Kier molecular flexibility index (Phi) is 6.98. The zero-order valence-corrected chi connectivity index (χ0v) is 12.7. The predicted molar refractivity (Wildman–Crippen MR) is 81.3 cm³/mol. The minimum Gasteiger partial charge on any atom is -0.341 e. The van der Waals surface area contributed by atoms with Crippen LogP contribution in [0, 0.1) is 36.5 Å². The lowest BCUT2D eigenvalue weighted by Crippen LogP contribution is -2.32. The van der Waals surface area contributed by atoms with Gasteiger partial charge in [-0.1, -0.05) is 23.8 Å². The van der Waals surface area contributed by atoms with Crippen LogP contribution in [0.3, 0.4) is 0 Å². The molecule has 0 aliphatic carbocycles. The Labute approximate surface area is 126 Å². The summed E-state index contributed by atoms with van der Waals surface area (Å²) in [5, 5.41) is 17.3. The van der Waals surface area contributed by atoms with E-state index in [0.717, 1.165) is 0 Å². The van der Waals surface area contributed by atoms with Gasteiger partial charge in [-0.15, -0.1) is 0 Å². The molecule has 0 fully saturated rings. The molecule has 0 N–H and O–H groups in total. The van der Waals surface area contributed by atoms with Crippen LogP contribution in [-0.2, 0) is 11.2 Å². The second kappa shape index (κ2) is 8.76.